The van der Waals surface area contributed by atoms with Crippen LogP contribution in [0.4, 0.5) is 0 Å². The normalized spacial score (nSPS) is 21.6. The van der Waals surface area contributed by atoms with E-state index < -0.39 is 0 Å². The second-order valence-corrected chi connectivity index (χ2v) is 6.01. The molecule has 0 aromatic carbocycles. The maximum atomic E-state index is 12.2. The van der Waals surface area contributed by atoms with Crippen LogP contribution in [0.5, 0.6) is 0 Å². The fourth-order valence-corrected chi connectivity index (χ4v) is 3.29. The first-order chi connectivity index (χ1) is 10.3. The third-order valence-corrected chi connectivity index (χ3v) is 4.66. The fraction of sp³-hybridized carbons (Fsp3) is 0.733. The maximum Gasteiger partial charge on any atom is 0.223 e. The number of amides is 1. The first-order valence-electron chi connectivity index (χ1n) is 8.03. The SMILES string of the molecule is O=C(CCN1CCC(c2ccn[nH]2)CC1)N1CCNCC1. The van der Waals surface area contributed by atoms with Crippen molar-refractivity contribution < 1.29 is 4.79 Å². The Morgan fingerprint density at radius 1 is 1.24 bits per heavy atom. The Hall–Kier alpha value is -1.40. The molecule has 2 saturated heterocycles. The molecule has 0 saturated carbocycles. The van der Waals surface area contributed by atoms with E-state index in [1.807, 2.05) is 11.1 Å². The van der Waals surface area contributed by atoms with Crippen molar-refractivity contribution in [1.82, 2.24) is 25.3 Å². The van der Waals surface area contributed by atoms with Gasteiger partial charge in [0.05, 0.1) is 0 Å². The molecule has 0 atom stereocenters. The standard InChI is InChI=1S/C15H25N5O/c21-15(20-11-6-16-7-12-20)4-10-19-8-2-13(3-9-19)14-1-5-17-18-14/h1,5,13,16H,2-4,6-12H2,(H,17,18). The van der Waals surface area contributed by atoms with Gasteiger partial charge in [0, 0.05) is 57.0 Å². The number of H-pyrrole nitrogens is 1. The average Bonchev–Trinajstić information content (AvgIpc) is 3.08. The quantitative estimate of drug-likeness (QED) is 0.843. The lowest BCUT2D eigenvalue weighted by Crippen LogP contribution is -2.47. The van der Waals surface area contributed by atoms with Crippen molar-refractivity contribution in [2.45, 2.75) is 25.2 Å². The Bertz CT molecular complexity index is 433. The minimum Gasteiger partial charge on any atom is -0.340 e. The molecule has 6 nitrogen and oxygen atoms in total. The van der Waals surface area contributed by atoms with Gasteiger partial charge in [-0.25, -0.2) is 0 Å². The summed E-state index contributed by atoms with van der Waals surface area (Å²) in [5, 5.41) is 10.4. The van der Waals surface area contributed by atoms with Crippen LogP contribution in [0.15, 0.2) is 12.3 Å². The summed E-state index contributed by atoms with van der Waals surface area (Å²) in [6.45, 7) is 6.65. The first kappa shape index (κ1) is 14.5. The summed E-state index contributed by atoms with van der Waals surface area (Å²) in [5.41, 5.74) is 1.26. The van der Waals surface area contributed by atoms with Crippen molar-refractivity contribution in [1.29, 1.82) is 0 Å². The van der Waals surface area contributed by atoms with E-state index in [0.717, 1.165) is 58.7 Å². The molecule has 3 rings (SSSR count). The summed E-state index contributed by atoms with van der Waals surface area (Å²) in [6.07, 6.45) is 4.80. The number of likely N-dealkylation sites (tertiary alicyclic amines) is 1. The zero-order valence-electron chi connectivity index (χ0n) is 12.6. The second kappa shape index (κ2) is 7.04. The number of piperazine rings is 1. The van der Waals surface area contributed by atoms with E-state index in [0.29, 0.717) is 18.2 Å². The Kier molecular flexibility index (Phi) is 4.87. The molecule has 6 heteroatoms. The lowest BCUT2D eigenvalue weighted by Gasteiger charge is -2.32. The summed E-state index contributed by atoms with van der Waals surface area (Å²) in [6, 6.07) is 2.08. The van der Waals surface area contributed by atoms with Crippen LogP contribution in [0, 0.1) is 0 Å². The summed E-state index contributed by atoms with van der Waals surface area (Å²) in [7, 11) is 0. The molecule has 1 aromatic heterocycles. The molecule has 2 N–H and O–H groups in total. The second-order valence-electron chi connectivity index (χ2n) is 6.01. The Morgan fingerprint density at radius 3 is 2.67 bits per heavy atom. The molecule has 116 valence electrons. The number of carbonyl (C=O) groups is 1. The molecule has 0 radical (unpaired) electrons. The van der Waals surface area contributed by atoms with Crippen molar-refractivity contribution in [3.8, 4) is 0 Å². The number of aromatic amines is 1. The molecule has 21 heavy (non-hydrogen) atoms. The predicted molar refractivity (Wildman–Crippen MR) is 81.1 cm³/mol. The smallest absolute Gasteiger partial charge is 0.223 e. The van der Waals surface area contributed by atoms with Gasteiger partial charge in [-0.2, -0.15) is 5.10 Å². The van der Waals surface area contributed by atoms with Gasteiger partial charge in [-0.1, -0.05) is 0 Å². The topological polar surface area (TPSA) is 64.3 Å². The molecule has 0 aliphatic carbocycles. The van der Waals surface area contributed by atoms with Crippen LogP contribution >= 0.6 is 0 Å². The van der Waals surface area contributed by atoms with Crippen molar-refractivity contribution in [3.63, 3.8) is 0 Å². The monoisotopic (exact) mass is 291 g/mol. The van der Waals surface area contributed by atoms with Gasteiger partial charge in [0.1, 0.15) is 0 Å². The van der Waals surface area contributed by atoms with Gasteiger partial charge in [0.25, 0.3) is 0 Å². The highest BCUT2D eigenvalue weighted by atomic mass is 16.2. The lowest BCUT2D eigenvalue weighted by atomic mass is 9.93. The Labute approximate surface area is 125 Å². The van der Waals surface area contributed by atoms with E-state index in [9.17, 15) is 4.79 Å². The van der Waals surface area contributed by atoms with Crippen LogP contribution < -0.4 is 5.32 Å². The number of hydrogen-bond acceptors (Lipinski definition) is 4. The van der Waals surface area contributed by atoms with E-state index in [1.165, 1.54) is 5.69 Å². The number of aromatic nitrogens is 2. The van der Waals surface area contributed by atoms with Crippen LogP contribution in [0.2, 0.25) is 0 Å². The summed E-state index contributed by atoms with van der Waals surface area (Å²) < 4.78 is 0. The Morgan fingerprint density at radius 2 is 2.00 bits per heavy atom. The molecule has 0 bridgehead atoms. The van der Waals surface area contributed by atoms with E-state index >= 15 is 0 Å². The first-order valence-corrected chi connectivity index (χ1v) is 8.03. The molecular formula is C15H25N5O. The molecule has 1 amide bonds. The van der Waals surface area contributed by atoms with Gasteiger partial charge in [0.15, 0.2) is 0 Å². The maximum absolute atomic E-state index is 12.2. The summed E-state index contributed by atoms with van der Waals surface area (Å²) in [4.78, 5) is 16.6. The molecule has 0 unspecified atom stereocenters. The van der Waals surface area contributed by atoms with E-state index in [-0.39, 0.29) is 0 Å². The number of hydrogen-bond donors (Lipinski definition) is 2. The van der Waals surface area contributed by atoms with Gasteiger partial charge in [-0.05, 0) is 32.0 Å². The molecule has 3 heterocycles. The van der Waals surface area contributed by atoms with Crippen LogP contribution in [0.1, 0.15) is 30.9 Å². The van der Waals surface area contributed by atoms with E-state index in [4.69, 9.17) is 0 Å². The minimum atomic E-state index is 0.312. The van der Waals surface area contributed by atoms with Gasteiger partial charge >= 0.3 is 0 Å². The molecule has 2 fully saturated rings. The van der Waals surface area contributed by atoms with E-state index in [2.05, 4.69) is 26.5 Å². The van der Waals surface area contributed by atoms with Crippen LogP contribution in [0.25, 0.3) is 0 Å². The highest BCUT2D eigenvalue weighted by Gasteiger charge is 2.23. The van der Waals surface area contributed by atoms with Gasteiger partial charge < -0.3 is 15.1 Å². The number of rotatable bonds is 4. The van der Waals surface area contributed by atoms with Crippen molar-refractivity contribution in [2.75, 3.05) is 45.8 Å². The van der Waals surface area contributed by atoms with Crippen LogP contribution in [-0.2, 0) is 4.79 Å². The molecular weight excluding hydrogens is 266 g/mol. The van der Waals surface area contributed by atoms with Crippen molar-refractivity contribution in [2.24, 2.45) is 0 Å². The third-order valence-electron chi connectivity index (χ3n) is 4.66. The number of nitrogens with zero attached hydrogens (tertiary/aromatic N) is 3. The third kappa shape index (κ3) is 3.83. The van der Waals surface area contributed by atoms with Gasteiger partial charge in [-0.15, -0.1) is 0 Å². The summed E-state index contributed by atoms with van der Waals surface area (Å²) in [5.74, 6) is 0.916. The van der Waals surface area contributed by atoms with Crippen molar-refractivity contribution >= 4 is 5.91 Å². The summed E-state index contributed by atoms with van der Waals surface area (Å²) >= 11 is 0. The number of piperidine rings is 1. The average molecular weight is 291 g/mol. The van der Waals surface area contributed by atoms with Crippen LogP contribution in [0.3, 0.4) is 0 Å². The largest absolute Gasteiger partial charge is 0.340 e. The number of carbonyl (C=O) groups excluding carboxylic acids is 1. The highest BCUT2D eigenvalue weighted by Crippen LogP contribution is 2.26. The van der Waals surface area contributed by atoms with Gasteiger partial charge in [0.2, 0.25) is 5.91 Å². The lowest BCUT2D eigenvalue weighted by molar-refractivity contribution is -0.132. The molecule has 0 spiro atoms. The zero-order valence-corrected chi connectivity index (χ0v) is 12.6. The number of nitrogens with one attached hydrogen (secondary N) is 2. The minimum absolute atomic E-state index is 0.312. The predicted octanol–water partition coefficient (Wildman–Crippen LogP) is 0.411. The van der Waals surface area contributed by atoms with Crippen LogP contribution in [-0.4, -0.2) is 71.7 Å². The fourth-order valence-electron chi connectivity index (χ4n) is 3.29. The molecule has 2 aliphatic rings. The highest BCUT2D eigenvalue weighted by molar-refractivity contribution is 5.76. The molecule has 2 aliphatic heterocycles. The van der Waals surface area contributed by atoms with E-state index in [1.54, 1.807) is 0 Å². The van der Waals surface area contributed by atoms with Crippen molar-refractivity contribution in [3.05, 3.63) is 18.0 Å². The zero-order chi connectivity index (χ0) is 14.5. The Balaban J connectivity index is 1.38. The van der Waals surface area contributed by atoms with Gasteiger partial charge in [-0.3, -0.25) is 9.89 Å². The molecule has 1 aromatic rings.